The van der Waals surface area contributed by atoms with Gasteiger partial charge in [0.2, 0.25) is 10.0 Å². The zero-order valence-corrected chi connectivity index (χ0v) is 11.7. The number of sulfonamides is 1. The number of halogens is 2. The van der Waals surface area contributed by atoms with Crippen LogP contribution in [0.4, 0.5) is 8.78 Å². The Balaban J connectivity index is 2.05. The Hall–Kier alpha value is -1.05. The lowest BCUT2D eigenvalue weighted by molar-refractivity contribution is 0.102. The molecule has 0 spiro atoms. The van der Waals surface area contributed by atoms with E-state index in [1.807, 2.05) is 0 Å². The van der Waals surface area contributed by atoms with E-state index >= 15 is 0 Å². The molecule has 0 heterocycles. The highest BCUT2D eigenvalue weighted by Gasteiger charge is 2.24. The second-order valence-corrected chi connectivity index (χ2v) is 6.85. The Labute approximate surface area is 116 Å². The third-order valence-electron chi connectivity index (χ3n) is 3.50. The zero-order chi connectivity index (χ0) is 14.8. The third kappa shape index (κ3) is 3.74. The van der Waals surface area contributed by atoms with Crippen molar-refractivity contribution in [3.8, 4) is 0 Å². The van der Waals surface area contributed by atoms with Crippen molar-refractivity contribution in [1.82, 2.24) is 4.72 Å². The largest absolute Gasteiger partial charge is 0.393 e. The minimum Gasteiger partial charge on any atom is -0.393 e. The maximum absolute atomic E-state index is 13.5. The predicted molar refractivity (Wildman–Crippen MR) is 69.5 cm³/mol. The van der Waals surface area contributed by atoms with E-state index in [0.717, 1.165) is 31.4 Å². The molecule has 4 nitrogen and oxygen atoms in total. The topological polar surface area (TPSA) is 66.4 Å². The van der Waals surface area contributed by atoms with E-state index in [2.05, 4.69) is 4.72 Å². The van der Waals surface area contributed by atoms with Crippen molar-refractivity contribution in [3.63, 3.8) is 0 Å². The molecule has 112 valence electrons. The van der Waals surface area contributed by atoms with Crippen LogP contribution in [-0.2, 0) is 10.0 Å². The third-order valence-corrected chi connectivity index (χ3v) is 4.94. The molecule has 0 radical (unpaired) electrons. The molecule has 1 fully saturated rings. The van der Waals surface area contributed by atoms with E-state index in [1.54, 1.807) is 0 Å². The van der Waals surface area contributed by atoms with Gasteiger partial charge in [0.25, 0.3) is 0 Å². The smallest absolute Gasteiger partial charge is 0.243 e. The van der Waals surface area contributed by atoms with E-state index in [1.165, 1.54) is 0 Å². The Morgan fingerprint density at radius 2 is 2.05 bits per heavy atom. The fourth-order valence-corrected chi connectivity index (χ4v) is 3.64. The second-order valence-electron chi connectivity index (χ2n) is 5.11. The van der Waals surface area contributed by atoms with Crippen LogP contribution in [0.1, 0.15) is 25.7 Å². The summed E-state index contributed by atoms with van der Waals surface area (Å²) in [5, 5.41) is 9.52. The van der Waals surface area contributed by atoms with E-state index in [9.17, 15) is 22.3 Å². The lowest BCUT2D eigenvalue weighted by Gasteiger charge is -2.25. The van der Waals surface area contributed by atoms with Crippen molar-refractivity contribution < 1.29 is 22.3 Å². The van der Waals surface area contributed by atoms with Crippen LogP contribution >= 0.6 is 0 Å². The molecule has 2 rings (SSSR count). The van der Waals surface area contributed by atoms with Gasteiger partial charge in [-0.1, -0.05) is 6.42 Å². The quantitative estimate of drug-likeness (QED) is 0.891. The molecule has 1 aromatic rings. The fraction of sp³-hybridized carbons (Fsp3) is 0.538. The molecule has 1 saturated carbocycles. The van der Waals surface area contributed by atoms with Crippen LogP contribution in [0.3, 0.4) is 0 Å². The molecule has 2 unspecified atom stereocenters. The van der Waals surface area contributed by atoms with Crippen molar-refractivity contribution in [2.45, 2.75) is 36.7 Å². The van der Waals surface area contributed by atoms with Crippen LogP contribution in [0.15, 0.2) is 23.1 Å². The molecule has 1 aliphatic carbocycles. The Kier molecular flexibility index (Phi) is 4.72. The van der Waals surface area contributed by atoms with Crippen molar-refractivity contribution in [1.29, 1.82) is 0 Å². The predicted octanol–water partition coefficient (Wildman–Crippen LogP) is 1.79. The molecule has 2 atom stereocenters. The van der Waals surface area contributed by atoms with E-state index < -0.39 is 32.7 Å². The van der Waals surface area contributed by atoms with Gasteiger partial charge in [-0.15, -0.1) is 0 Å². The second kappa shape index (κ2) is 6.15. The molecule has 0 aromatic heterocycles. The van der Waals surface area contributed by atoms with E-state index in [-0.39, 0.29) is 12.5 Å². The van der Waals surface area contributed by atoms with E-state index in [0.29, 0.717) is 12.5 Å². The number of rotatable bonds is 4. The lowest BCUT2D eigenvalue weighted by atomic mass is 9.87. The van der Waals surface area contributed by atoms with Crippen molar-refractivity contribution in [3.05, 3.63) is 29.8 Å². The molecule has 0 aliphatic heterocycles. The first-order valence-corrected chi connectivity index (χ1v) is 7.99. The van der Waals surface area contributed by atoms with Crippen LogP contribution in [0.2, 0.25) is 0 Å². The number of nitrogens with one attached hydrogen (secondary N) is 1. The average Bonchev–Trinajstić information content (AvgIpc) is 2.39. The molecule has 20 heavy (non-hydrogen) atoms. The fourth-order valence-electron chi connectivity index (χ4n) is 2.44. The molecule has 0 amide bonds. The molecule has 0 saturated heterocycles. The summed E-state index contributed by atoms with van der Waals surface area (Å²) < 4.78 is 52.7. The summed E-state index contributed by atoms with van der Waals surface area (Å²) in [6, 6.07) is 2.31. The highest BCUT2D eigenvalue weighted by atomic mass is 32.2. The van der Waals surface area contributed by atoms with E-state index in [4.69, 9.17) is 0 Å². The molecular formula is C13H17F2NO3S. The van der Waals surface area contributed by atoms with Gasteiger partial charge in [-0.05, 0) is 43.4 Å². The van der Waals surface area contributed by atoms with Crippen LogP contribution in [0, 0.1) is 17.6 Å². The van der Waals surface area contributed by atoms with Crippen molar-refractivity contribution in [2.24, 2.45) is 5.92 Å². The molecule has 0 bridgehead atoms. The van der Waals surface area contributed by atoms with Crippen LogP contribution in [0.5, 0.6) is 0 Å². The summed E-state index contributed by atoms with van der Waals surface area (Å²) in [4.78, 5) is -0.686. The van der Waals surface area contributed by atoms with Gasteiger partial charge in [0.05, 0.1) is 6.10 Å². The maximum atomic E-state index is 13.5. The first kappa shape index (κ1) is 15.3. The van der Waals surface area contributed by atoms with Gasteiger partial charge < -0.3 is 5.11 Å². The maximum Gasteiger partial charge on any atom is 0.243 e. The normalized spacial score (nSPS) is 23.8. The first-order valence-electron chi connectivity index (χ1n) is 6.51. The zero-order valence-electron chi connectivity index (χ0n) is 10.9. The summed E-state index contributed by atoms with van der Waals surface area (Å²) in [6.07, 6.45) is 2.48. The van der Waals surface area contributed by atoms with Crippen molar-refractivity contribution in [2.75, 3.05) is 6.54 Å². The van der Waals surface area contributed by atoms with Gasteiger partial charge in [-0.3, -0.25) is 0 Å². The summed E-state index contributed by atoms with van der Waals surface area (Å²) in [7, 11) is -4.08. The van der Waals surface area contributed by atoms with Gasteiger partial charge >= 0.3 is 0 Å². The lowest BCUT2D eigenvalue weighted by Crippen LogP contribution is -2.33. The average molecular weight is 305 g/mol. The minimum absolute atomic E-state index is 0.0187. The minimum atomic E-state index is -4.08. The van der Waals surface area contributed by atoms with Gasteiger partial charge in [-0.2, -0.15) is 0 Å². The highest BCUT2D eigenvalue weighted by Crippen LogP contribution is 2.24. The summed E-state index contributed by atoms with van der Waals surface area (Å²) in [5.74, 6) is -1.77. The number of hydrogen-bond donors (Lipinski definition) is 2. The van der Waals surface area contributed by atoms with Crippen LogP contribution < -0.4 is 4.72 Å². The molecule has 1 aliphatic rings. The number of aliphatic hydroxyl groups excluding tert-OH is 1. The first-order chi connectivity index (χ1) is 9.38. The summed E-state index contributed by atoms with van der Waals surface area (Å²) in [5.41, 5.74) is 0. The number of hydrogen-bond acceptors (Lipinski definition) is 3. The number of aliphatic hydroxyl groups is 1. The van der Waals surface area contributed by atoms with Gasteiger partial charge in [-0.25, -0.2) is 21.9 Å². The highest BCUT2D eigenvalue weighted by molar-refractivity contribution is 7.89. The monoisotopic (exact) mass is 305 g/mol. The SMILES string of the molecule is O=S(=O)(NCC1CCCC(O)C1)c1cc(F)ccc1F. The standard InChI is InChI=1S/C13H17F2NO3S/c14-10-4-5-12(15)13(7-10)20(18,19)16-8-9-2-1-3-11(17)6-9/h4-5,7,9,11,16-17H,1-3,6,8H2. The Morgan fingerprint density at radius 1 is 1.30 bits per heavy atom. The Morgan fingerprint density at radius 3 is 2.75 bits per heavy atom. The number of benzene rings is 1. The Bertz CT molecular complexity index is 577. The van der Waals surface area contributed by atoms with Crippen molar-refractivity contribution >= 4 is 10.0 Å². The molecule has 1 aromatic carbocycles. The molecular weight excluding hydrogens is 288 g/mol. The summed E-state index contributed by atoms with van der Waals surface area (Å²) >= 11 is 0. The van der Waals surface area contributed by atoms with Gasteiger partial charge in [0.15, 0.2) is 0 Å². The van der Waals surface area contributed by atoms with Gasteiger partial charge in [0.1, 0.15) is 16.5 Å². The van der Waals surface area contributed by atoms with Crippen LogP contribution in [-0.4, -0.2) is 26.2 Å². The molecule has 7 heteroatoms. The van der Waals surface area contributed by atoms with Gasteiger partial charge in [0, 0.05) is 6.54 Å². The summed E-state index contributed by atoms with van der Waals surface area (Å²) in [6.45, 7) is 0.120. The van der Waals surface area contributed by atoms with Crippen LogP contribution in [0.25, 0.3) is 0 Å². The molecule has 2 N–H and O–H groups in total.